The maximum Gasteiger partial charge on any atom is 0.416 e. The van der Waals surface area contributed by atoms with Gasteiger partial charge in [0, 0.05) is 30.6 Å². The van der Waals surface area contributed by atoms with E-state index in [-0.39, 0.29) is 12.3 Å². The molecule has 3 aromatic rings. The van der Waals surface area contributed by atoms with Crippen molar-refractivity contribution >= 4 is 28.3 Å². The van der Waals surface area contributed by atoms with Crippen molar-refractivity contribution in [3.8, 4) is 0 Å². The number of amides is 1. The SMILES string of the molecule is Cc1cc2cc(NC(=O)CCc3ccc(C(F)(F)F)cc3)ccc2nc1N1CCCC1. The van der Waals surface area contributed by atoms with Crippen LogP contribution in [0.1, 0.15) is 36.0 Å². The first-order chi connectivity index (χ1) is 14.8. The second-order valence-electron chi connectivity index (χ2n) is 7.97. The molecule has 0 radical (unpaired) electrons. The molecule has 31 heavy (non-hydrogen) atoms. The number of rotatable bonds is 5. The van der Waals surface area contributed by atoms with Gasteiger partial charge in [-0.25, -0.2) is 4.98 Å². The highest BCUT2D eigenvalue weighted by Crippen LogP contribution is 2.29. The summed E-state index contributed by atoms with van der Waals surface area (Å²) in [4.78, 5) is 19.5. The predicted octanol–water partition coefficient (Wildman–Crippen LogP) is 5.73. The highest BCUT2D eigenvalue weighted by atomic mass is 19.4. The zero-order chi connectivity index (χ0) is 22.0. The van der Waals surface area contributed by atoms with Crippen molar-refractivity contribution in [2.24, 2.45) is 0 Å². The Balaban J connectivity index is 1.39. The van der Waals surface area contributed by atoms with Gasteiger partial charge in [-0.1, -0.05) is 12.1 Å². The van der Waals surface area contributed by atoms with Crippen LogP contribution in [0.5, 0.6) is 0 Å². The maximum atomic E-state index is 12.6. The smallest absolute Gasteiger partial charge is 0.356 e. The molecule has 0 spiro atoms. The Labute approximate surface area is 179 Å². The number of anilines is 2. The highest BCUT2D eigenvalue weighted by Gasteiger charge is 2.29. The molecule has 162 valence electrons. The maximum absolute atomic E-state index is 12.6. The van der Waals surface area contributed by atoms with Crippen LogP contribution in [0.25, 0.3) is 10.9 Å². The number of carbonyl (C=O) groups excluding carboxylic acids is 1. The molecule has 1 fully saturated rings. The number of alkyl halides is 3. The zero-order valence-electron chi connectivity index (χ0n) is 17.3. The molecule has 0 aliphatic carbocycles. The molecule has 1 aliphatic heterocycles. The molecule has 0 unspecified atom stereocenters. The number of aryl methyl sites for hydroxylation is 2. The molecule has 1 saturated heterocycles. The minimum Gasteiger partial charge on any atom is -0.356 e. The van der Waals surface area contributed by atoms with Gasteiger partial charge in [-0.05, 0) is 73.7 Å². The van der Waals surface area contributed by atoms with E-state index < -0.39 is 11.7 Å². The number of halogens is 3. The van der Waals surface area contributed by atoms with E-state index in [1.54, 1.807) is 0 Å². The quantitative estimate of drug-likeness (QED) is 0.565. The van der Waals surface area contributed by atoms with Crippen LogP contribution in [-0.2, 0) is 17.4 Å². The Bertz CT molecular complexity index is 1090. The van der Waals surface area contributed by atoms with Crippen LogP contribution >= 0.6 is 0 Å². The van der Waals surface area contributed by atoms with Crippen molar-refractivity contribution in [2.75, 3.05) is 23.3 Å². The monoisotopic (exact) mass is 427 g/mol. The summed E-state index contributed by atoms with van der Waals surface area (Å²) in [6.07, 6.45) is -1.41. The van der Waals surface area contributed by atoms with Gasteiger partial charge in [-0.15, -0.1) is 0 Å². The molecule has 1 N–H and O–H groups in total. The molecule has 4 rings (SSSR count). The van der Waals surface area contributed by atoms with Gasteiger partial charge in [-0.2, -0.15) is 13.2 Å². The van der Waals surface area contributed by atoms with E-state index >= 15 is 0 Å². The minimum atomic E-state index is -4.35. The molecule has 7 heteroatoms. The Kier molecular flexibility index (Phi) is 5.85. The Morgan fingerprint density at radius 3 is 2.45 bits per heavy atom. The van der Waals surface area contributed by atoms with Crippen LogP contribution < -0.4 is 10.2 Å². The molecular formula is C24H24F3N3O. The van der Waals surface area contributed by atoms with E-state index in [9.17, 15) is 18.0 Å². The molecule has 0 atom stereocenters. The minimum absolute atomic E-state index is 0.183. The molecular weight excluding hydrogens is 403 g/mol. The second-order valence-corrected chi connectivity index (χ2v) is 7.97. The third kappa shape index (κ3) is 4.98. The van der Waals surface area contributed by atoms with Gasteiger partial charge in [0.2, 0.25) is 5.91 Å². The number of aromatic nitrogens is 1. The van der Waals surface area contributed by atoms with E-state index in [0.29, 0.717) is 17.7 Å². The highest BCUT2D eigenvalue weighted by molar-refractivity contribution is 5.94. The van der Waals surface area contributed by atoms with Crippen LogP contribution in [0.15, 0.2) is 48.5 Å². The molecule has 0 bridgehead atoms. The van der Waals surface area contributed by atoms with E-state index in [1.807, 2.05) is 18.2 Å². The Morgan fingerprint density at radius 1 is 1.06 bits per heavy atom. The Hall–Kier alpha value is -3.09. The molecule has 2 heterocycles. The van der Waals surface area contributed by atoms with Crippen molar-refractivity contribution in [2.45, 2.75) is 38.8 Å². The number of hydrogen-bond donors (Lipinski definition) is 1. The first-order valence-electron chi connectivity index (χ1n) is 10.4. The van der Waals surface area contributed by atoms with Gasteiger partial charge >= 0.3 is 6.18 Å². The normalized spacial score (nSPS) is 14.3. The summed E-state index contributed by atoms with van der Waals surface area (Å²) in [5, 5.41) is 3.83. The lowest BCUT2D eigenvalue weighted by Gasteiger charge is -2.19. The third-order valence-electron chi connectivity index (χ3n) is 5.59. The summed E-state index contributed by atoms with van der Waals surface area (Å²) < 4.78 is 37.9. The van der Waals surface area contributed by atoms with Gasteiger partial charge in [0.05, 0.1) is 11.1 Å². The van der Waals surface area contributed by atoms with Crippen molar-refractivity contribution in [1.82, 2.24) is 4.98 Å². The second kappa shape index (κ2) is 8.57. The molecule has 1 aromatic heterocycles. The summed E-state index contributed by atoms with van der Waals surface area (Å²) in [6.45, 7) is 4.12. The van der Waals surface area contributed by atoms with E-state index in [2.05, 4.69) is 23.2 Å². The van der Waals surface area contributed by atoms with Crippen LogP contribution in [0, 0.1) is 6.92 Å². The first kappa shape index (κ1) is 21.2. The van der Waals surface area contributed by atoms with Crippen LogP contribution in [0.2, 0.25) is 0 Å². The topological polar surface area (TPSA) is 45.2 Å². The number of benzene rings is 2. The fourth-order valence-corrected chi connectivity index (χ4v) is 3.94. The standard InChI is InChI=1S/C24H24F3N3O/c1-16-14-18-15-20(9-10-21(18)29-23(16)30-12-2-3-13-30)28-22(31)11-6-17-4-7-19(8-5-17)24(25,26)27/h4-5,7-10,14-15H,2-3,6,11-13H2,1H3,(H,28,31). The number of carbonyl (C=O) groups is 1. The van der Waals surface area contributed by atoms with Crippen molar-refractivity contribution in [3.05, 3.63) is 65.2 Å². The number of pyridine rings is 1. The lowest BCUT2D eigenvalue weighted by molar-refractivity contribution is -0.137. The fraction of sp³-hybridized carbons (Fsp3) is 0.333. The number of fused-ring (bicyclic) bond motifs is 1. The van der Waals surface area contributed by atoms with Crippen molar-refractivity contribution < 1.29 is 18.0 Å². The molecule has 1 amide bonds. The first-order valence-corrected chi connectivity index (χ1v) is 10.4. The Morgan fingerprint density at radius 2 is 1.77 bits per heavy atom. The largest absolute Gasteiger partial charge is 0.416 e. The van der Waals surface area contributed by atoms with Crippen LogP contribution in [0.3, 0.4) is 0 Å². The van der Waals surface area contributed by atoms with Crippen LogP contribution in [0.4, 0.5) is 24.7 Å². The average molecular weight is 427 g/mol. The number of hydrogen-bond acceptors (Lipinski definition) is 3. The zero-order valence-corrected chi connectivity index (χ0v) is 17.3. The number of nitrogens with one attached hydrogen (secondary N) is 1. The van der Waals surface area contributed by atoms with Gasteiger partial charge < -0.3 is 10.2 Å². The van der Waals surface area contributed by atoms with Gasteiger partial charge in [0.15, 0.2) is 0 Å². The summed E-state index contributed by atoms with van der Waals surface area (Å²) in [7, 11) is 0. The average Bonchev–Trinajstić information content (AvgIpc) is 3.26. The third-order valence-corrected chi connectivity index (χ3v) is 5.59. The predicted molar refractivity (Wildman–Crippen MR) is 116 cm³/mol. The van der Waals surface area contributed by atoms with Gasteiger partial charge in [0.25, 0.3) is 0 Å². The molecule has 4 nitrogen and oxygen atoms in total. The summed E-state index contributed by atoms with van der Waals surface area (Å²) >= 11 is 0. The van der Waals surface area contributed by atoms with E-state index in [4.69, 9.17) is 4.98 Å². The molecule has 1 aliphatic rings. The fourth-order valence-electron chi connectivity index (χ4n) is 3.94. The van der Waals surface area contributed by atoms with Gasteiger partial charge in [-0.3, -0.25) is 4.79 Å². The van der Waals surface area contributed by atoms with Gasteiger partial charge in [0.1, 0.15) is 5.82 Å². The van der Waals surface area contributed by atoms with E-state index in [1.165, 1.54) is 25.0 Å². The van der Waals surface area contributed by atoms with Crippen LogP contribution in [-0.4, -0.2) is 24.0 Å². The molecule has 2 aromatic carbocycles. The van der Waals surface area contributed by atoms with Crippen molar-refractivity contribution in [3.63, 3.8) is 0 Å². The number of nitrogens with zero attached hydrogens (tertiary/aromatic N) is 2. The lowest BCUT2D eigenvalue weighted by atomic mass is 10.1. The lowest BCUT2D eigenvalue weighted by Crippen LogP contribution is -2.20. The molecule has 0 saturated carbocycles. The summed E-state index contributed by atoms with van der Waals surface area (Å²) in [5.41, 5.74) is 2.68. The van der Waals surface area contributed by atoms with E-state index in [0.717, 1.165) is 47.5 Å². The summed E-state index contributed by atoms with van der Waals surface area (Å²) in [5.74, 6) is 0.843. The summed E-state index contributed by atoms with van der Waals surface area (Å²) in [6, 6.07) is 12.6. The van der Waals surface area contributed by atoms with Crippen molar-refractivity contribution in [1.29, 1.82) is 0 Å².